The van der Waals surface area contributed by atoms with E-state index in [1.54, 1.807) is 0 Å². The Morgan fingerprint density at radius 2 is 1.95 bits per heavy atom. The van der Waals surface area contributed by atoms with Crippen molar-refractivity contribution in [3.05, 3.63) is 0 Å². The van der Waals surface area contributed by atoms with E-state index < -0.39 is 5.97 Å². The fraction of sp³-hybridized carbons (Fsp3) is 0.875. The van der Waals surface area contributed by atoms with Crippen LogP contribution in [0.5, 0.6) is 0 Å². The van der Waals surface area contributed by atoms with Gasteiger partial charge in [0.25, 0.3) is 0 Å². The fourth-order valence-electron chi connectivity index (χ4n) is 3.11. The van der Waals surface area contributed by atoms with Crippen LogP contribution in [0, 0.1) is 17.3 Å². The first-order valence-corrected chi connectivity index (χ1v) is 7.93. The maximum absolute atomic E-state index is 12.0. The minimum atomic E-state index is -0.881. The van der Waals surface area contributed by atoms with Crippen LogP contribution in [0.25, 0.3) is 0 Å². The van der Waals surface area contributed by atoms with Crippen LogP contribution in [0.3, 0.4) is 0 Å². The molecular formula is C16H30N2O3. The van der Waals surface area contributed by atoms with Gasteiger partial charge in [-0.15, -0.1) is 0 Å². The number of carboxylic acids is 1. The number of carboxylic acid groups (broad SMARTS) is 1. The molecule has 122 valence electrons. The van der Waals surface area contributed by atoms with E-state index in [-0.39, 0.29) is 23.9 Å². The third-order valence-electron chi connectivity index (χ3n) is 4.18. The molecule has 3 N–H and O–H groups in total. The highest BCUT2D eigenvalue weighted by Gasteiger charge is 2.25. The van der Waals surface area contributed by atoms with Crippen LogP contribution in [-0.2, 0) is 4.79 Å². The molecule has 1 fully saturated rings. The van der Waals surface area contributed by atoms with Crippen LogP contribution in [0.1, 0.15) is 59.8 Å². The quantitative estimate of drug-likeness (QED) is 0.705. The summed E-state index contributed by atoms with van der Waals surface area (Å²) in [7, 11) is 0. The number of aliphatic carboxylic acids is 1. The number of nitrogens with one attached hydrogen (secondary N) is 2. The van der Waals surface area contributed by atoms with E-state index in [0.717, 1.165) is 0 Å². The first-order chi connectivity index (χ1) is 9.67. The zero-order valence-corrected chi connectivity index (χ0v) is 13.7. The van der Waals surface area contributed by atoms with Gasteiger partial charge in [0.1, 0.15) is 0 Å². The number of rotatable bonds is 6. The number of urea groups is 1. The summed E-state index contributed by atoms with van der Waals surface area (Å²) in [5.41, 5.74) is -0.0205. The summed E-state index contributed by atoms with van der Waals surface area (Å²) in [5, 5.41) is 14.7. The molecule has 0 radical (unpaired) electrons. The number of amides is 2. The number of hydrogen-bond acceptors (Lipinski definition) is 2. The Hall–Kier alpha value is -1.26. The van der Waals surface area contributed by atoms with Crippen LogP contribution in [-0.4, -0.2) is 29.7 Å². The molecule has 0 saturated heterocycles. The molecule has 0 bridgehead atoms. The number of carbonyl (C=O) groups excluding carboxylic acids is 1. The molecule has 5 heteroatoms. The Labute approximate surface area is 127 Å². The van der Waals surface area contributed by atoms with Crippen molar-refractivity contribution in [1.82, 2.24) is 10.6 Å². The molecule has 1 aliphatic rings. The lowest BCUT2D eigenvalue weighted by atomic mass is 9.87. The van der Waals surface area contributed by atoms with Gasteiger partial charge in [-0.3, -0.25) is 4.79 Å². The third-order valence-corrected chi connectivity index (χ3v) is 4.18. The first-order valence-electron chi connectivity index (χ1n) is 7.93. The van der Waals surface area contributed by atoms with Gasteiger partial charge in [-0.2, -0.15) is 0 Å². The molecule has 0 heterocycles. The Morgan fingerprint density at radius 1 is 1.29 bits per heavy atom. The zero-order valence-electron chi connectivity index (χ0n) is 13.7. The smallest absolute Gasteiger partial charge is 0.315 e. The highest BCUT2D eigenvalue weighted by atomic mass is 16.4. The Balaban J connectivity index is 2.41. The third kappa shape index (κ3) is 7.34. The number of carbonyl (C=O) groups is 2. The lowest BCUT2D eigenvalue weighted by molar-refractivity contribution is -0.137. The minimum absolute atomic E-state index is 0.0205. The molecule has 2 amide bonds. The summed E-state index contributed by atoms with van der Waals surface area (Å²) in [6.07, 6.45) is 4.25. The Kier molecular flexibility index (Phi) is 6.49. The van der Waals surface area contributed by atoms with Crippen molar-refractivity contribution >= 4 is 12.0 Å². The highest BCUT2D eigenvalue weighted by molar-refractivity contribution is 5.75. The largest absolute Gasteiger partial charge is 0.481 e. The van der Waals surface area contributed by atoms with Gasteiger partial charge in [0.15, 0.2) is 0 Å². The van der Waals surface area contributed by atoms with Crippen LogP contribution in [0.15, 0.2) is 0 Å². The van der Waals surface area contributed by atoms with E-state index >= 15 is 0 Å². The normalized spacial score (nSPS) is 23.6. The topological polar surface area (TPSA) is 78.4 Å². The molecule has 1 rings (SSSR count). The maximum atomic E-state index is 12.0. The fourth-order valence-corrected chi connectivity index (χ4v) is 3.11. The molecule has 1 saturated carbocycles. The molecule has 21 heavy (non-hydrogen) atoms. The molecule has 3 unspecified atom stereocenters. The van der Waals surface area contributed by atoms with Gasteiger partial charge in [0, 0.05) is 12.6 Å². The van der Waals surface area contributed by atoms with Crippen molar-refractivity contribution in [2.75, 3.05) is 6.54 Å². The van der Waals surface area contributed by atoms with E-state index in [1.165, 1.54) is 19.3 Å². The van der Waals surface area contributed by atoms with E-state index in [0.29, 0.717) is 24.8 Å². The Bertz CT molecular complexity index is 363. The van der Waals surface area contributed by atoms with E-state index in [9.17, 15) is 9.59 Å². The van der Waals surface area contributed by atoms with Crippen LogP contribution in [0.2, 0.25) is 0 Å². The van der Waals surface area contributed by atoms with Crippen LogP contribution >= 0.6 is 0 Å². The maximum Gasteiger partial charge on any atom is 0.315 e. The highest BCUT2D eigenvalue weighted by Crippen LogP contribution is 2.30. The lowest BCUT2D eigenvalue weighted by Gasteiger charge is -2.26. The summed E-state index contributed by atoms with van der Waals surface area (Å²) < 4.78 is 0. The summed E-state index contributed by atoms with van der Waals surface area (Å²) in [5.74, 6) is 0.333. The van der Waals surface area contributed by atoms with Crippen LogP contribution in [0.4, 0.5) is 4.79 Å². The predicted molar refractivity (Wildman–Crippen MR) is 83.2 cm³/mol. The minimum Gasteiger partial charge on any atom is -0.481 e. The molecule has 1 aliphatic carbocycles. The van der Waals surface area contributed by atoms with Crippen molar-refractivity contribution in [2.24, 2.45) is 17.3 Å². The summed E-state index contributed by atoms with van der Waals surface area (Å²) in [6, 6.07) is -0.576. The van der Waals surface area contributed by atoms with Gasteiger partial charge in [-0.05, 0) is 30.1 Å². The van der Waals surface area contributed by atoms with Gasteiger partial charge >= 0.3 is 12.0 Å². The van der Waals surface area contributed by atoms with Gasteiger partial charge in [0.05, 0.1) is 6.42 Å². The van der Waals surface area contributed by atoms with Gasteiger partial charge in [-0.25, -0.2) is 4.79 Å². The molecule has 0 aromatic carbocycles. The first kappa shape index (κ1) is 17.8. The van der Waals surface area contributed by atoms with Gasteiger partial charge in [0.2, 0.25) is 0 Å². The van der Waals surface area contributed by atoms with E-state index in [1.807, 2.05) is 20.8 Å². The van der Waals surface area contributed by atoms with Crippen molar-refractivity contribution in [2.45, 2.75) is 65.8 Å². The second-order valence-electron chi connectivity index (χ2n) is 7.58. The summed E-state index contributed by atoms with van der Waals surface area (Å²) >= 11 is 0. The predicted octanol–water partition coefficient (Wildman–Crippen LogP) is 3.00. The molecule has 5 nitrogen and oxygen atoms in total. The molecule has 0 aliphatic heterocycles. The standard InChI is InChI=1S/C16H30N2O3/c1-11-6-5-7-12(11)10-17-15(21)18-13(8-14(19)20)9-16(2,3)4/h11-13H,5-10H2,1-4H3,(H,19,20)(H2,17,18,21). The average Bonchev–Trinajstić information content (AvgIpc) is 2.69. The van der Waals surface area contributed by atoms with Crippen LogP contribution < -0.4 is 10.6 Å². The van der Waals surface area contributed by atoms with Crippen molar-refractivity contribution in [1.29, 1.82) is 0 Å². The van der Waals surface area contributed by atoms with Gasteiger partial charge in [-0.1, -0.05) is 40.5 Å². The monoisotopic (exact) mass is 298 g/mol. The summed E-state index contributed by atoms with van der Waals surface area (Å²) in [6.45, 7) is 9.04. The van der Waals surface area contributed by atoms with E-state index in [2.05, 4.69) is 17.6 Å². The van der Waals surface area contributed by atoms with Crippen molar-refractivity contribution in [3.63, 3.8) is 0 Å². The Morgan fingerprint density at radius 3 is 2.43 bits per heavy atom. The van der Waals surface area contributed by atoms with Gasteiger partial charge < -0.3 is 15.7 Å². The molecule has 0 aromatic heterocycles. The number of hydrogen-bond donors (Lipinski definition) is 3. The average molecular weight is 298 g/mol. The summed E-state index contributed by atoms with van der Waals surface area (Å²) in [4.78, 5) is 22.9. The molecule has 3 atom stereocenters. The van der Waals surface area contributed by atoms with Crippen molar-refractivity contribution < 1.29 is 14.7 Å². The molecule has 0 spiro atoms. The lowest BCUT2D eigenvalue weighted by Crippen LogP contribution is -2.45. The second kappa shape index (κ2) is 7.66. The zero-order chi connectivity index (χ0) is 16.0. The van der Waals surface area contributed by atoms with Crippen molar-refractivity contribution in [3.8, 4) is 0 Å². The molecular weight excluding hydrogens is 268 g/mol. The SMILES string of the molecule is CC1CCCC1CNC(=O)NC(CC(=O)O)CC(C)(C)C. The molecule has 0 aromatic rings. The van der Waals surface area contributed by atoms with E-state index in [4.69, 9.17) is 5.11 Å². The second-order valence-corrected chi connectivity index (χ2v) is 7.58.